The molecule has 3 aromatic rings. The number of nitrogens with zero attached hydrogens (tertiary/aromatic N) is 3. The summed E-state index contributed by atoms with van der Waals surface area (Å²) in [5, 5.41) is 7.90. The third-order valence-electron chi connectivity index (χ3n) is 3.67. The van der Waals surface area contributed by atoms with Gasteiger partial charge in [-0.3, -0.25) is 9.69 Å². The van der Waals surface area contributed by atoms with E-state index in [0.717, 1.165) is 0 Å². The van der Waals surface area contributed by atoms with Gasteiger partial charge in [0.2, 0.25) is 5.89 Å². The van der Waals surface area contributed by atoms with Gasteiger partial charge in [-0.1, -0.05) is 43.2 Å². The lowest BCUT2D eigenvalue weighted by molar-refractivity contribution is -0.120. The van der Waals surface area contributed by atoms with Gasteiger partial charge in [0.15, 0.2) is 6.61 Å². The van der Waals surface area contributed by atoms with Crippen LogP contribution in [-0.2, 0) is 4.79 Å². The molecule has 0 aliphatic heterocycles. The molecule has 1 aromatic heterocycles. The van der Waals surface area contributed by atoms with Gasteiger partial charge < -0.3 is 9.15 Å². The molecule has 0 saturated carbocycles. The molecule has 0 fully saturated rings. The number of rotatable bonds is 7. The number of aromatic nitrogens is 2. The van der Waals surface area contributed by atoms with Gasteiger partial charge >= 0.3 is 6.01 Å². The molecule has 1 heterocycles. The highest BCUT2D eigenvalue weighted by atomic mass is 19.1. The molecule has 0 unspecified atom stereocenters. The highest BCUT2D eigenvalue weighted by Crippen LogP contribution is 2.23. The fourth-order valence-corrected chi connectivity index (χ4v) is 2.45. The number of para-hydroxylation sites is 1. The molecule has 0 N–H and O–H groups in total. The van der Waals surface area contributed by atoms with Crippen molar-refractivity contribution in [1.82, 2.24) is 10.2 Å². The Hall–Kier alpha value is -3.22. The Morgan fingerprint density at radius 1 is 1.15 bits per heavy atom. The van der Waals surface area contributed by atoms with Crippen LogP contribution in [0.2, 0.25) is 0 Å². The Labute approximate surface area is 156 Å². The van der Waals surface area contributed by atoms with Gasteiger partial charge in [0.25, 0.3) is 5.91 Å². The van der Waals surface area contributed by atoms with E-state index >= 15 is 0 Å². The second-order valence-electron chi connectivity index (χ2n) is 6.40. The number of carbonyl (C=O) groups is 1. The molecule has 1 amide bonds. The van der Waals surface area contributed by atoms with Crippen molar-refractivity contribution in [2.45, 2.75) is 13.8 Å². The van der Waals surface area contributed by atoms with Crippen LogP contribution >= 0.6 is 0 Å². The minimum atomic E-state index is -0.404. The number of benzene rings is 2. The predicted octanol–water partition coefficient (Wildman–Crippen LogP) is 3.94. The molecule has 0 radical (unpaired) electrons. The molecule has 3 rings (SSSR count). The summed E-state index contributed by atoms with van der Waals surface area (Å²) >= 11 is 0. The summed E-state index contributed by atoms with van der Waals surface area (Å²) in [4.78, 5) is 14.1. The molecule has 27 heavy (non-hydrogen) atoms. The van der Waals surface area contributed by atoms with Gasteiger partial charge in [-0.2, -0.15) is 0 Å². The van der Waals surface area contributed by atoms with Crippen molar-refractivity contribution in [2.24, 2.45) is 5.92 Å². The van der Waals surface area contributed by atoms with Crippen LogP contribution in [0, 0.1) is 11.7 Å². The van der Waals surface area contributed by atoms with E-state index in [1.165, 1.54) is 17.0 Å². The molecular formula is C20H20FN3O3. The molecule has 7 heteroatoms. The summed E-state index contributed by atoms with van der Waals surface area (Å²) < 4.78 is 24.6. The van der Waals surface area contributed by atoms with Crippen LogP contribution in [0.3, 0.4) is 0 Å². The first-order valence-corrected chi connectivity index (χ1v) is 8.60. The Morgan fingerprint density at radius 3 is 2.63 bits per heavy atom. The van der Waals surface area contributed by atoms with Gasteiger partial charge in [-0.15, -0.1) is 5.10 Å². The standard InChI is InChI=1S/C20H20FN3O3/c1-14(2)12-24(18(25)13-26-17-9-4-3-5-10-17)20-23-22-19(27-20)15-7-6-8-16(21)11-15/h3-11,14H,12-13H2,1-2H3. The number of carbonyl (C=O) groups excluding carboxylic acids is 1. The van der Waals surface area contributed by atoms with Crippen molar-refractivity contribution in [3.05, 3.63) is 60.4 Å². The van der Waals surface area contributed by atoms with Gasteiger partial charge in [0.05, 0.1) is 0 Å². The molecule has 140 valence electrons. The second-order valence-corrected chi connectivity index (χ2v) is 6.40. The maximum atomic E-state index is 13.4. The van der Waals surface area contributed by atoms with Crippen LogP contribution < -0.4 is 9.64 Å². The van der Waals surface area contributed by atoms with Gasteiger partial charge in [-0.25, -0.2) is 4.39 Å². The number of ether oxygens (including phenoxy) is 1. The van der Waals surface area contributed by atoms with Crippen LogP contribution in [-0.4, -0.2) is 29.3 Å². The second kappa shape index (κ2) is 8.44. The van der Waals surface area contributed by atoms with Crippen molar-refractivity contribution in [3.63, 3.8) is 0 Å². The SMILES string of the molecule is CC(C)CN(C(=O)COc1ccccc1)c1nnc(-c2cccc(F)c2)o1. The van der Waals surface area contributed by atoms with E-state index < -0.39 is 5.82 Å². The van der Waals surface area contributed by atoms with E-state index in [2.05, 4.69) is 10.2 Å². The highest BCUT2D eigenvalue weighted by molar-refractivity contribution is 5.92. The molecule has 2 aromatic carbocycles. The van der Waals surface area contributed by atoms with E-state index in [4.69, 9.17) is 9.15 Å². The van der Waals surface area contributed by atoms with Crippen LogP contribution in [0.25, 0.3) is 11.5 Å². The predicted molar refractivity (Wildman–Crippen MR) is 98.8 cm³/mol. The molecule has 0 aliphatic rings. The summed E-state index contributed by atoms with van der Waals surface area (Å²) in [6.07, 6.45) is 0. The zero-order valence-electron chi connectivity index (χ0n) is 15.1. The van der Waals surface area contributed by atoms with Crippen molar-refractivity contribution in [3.8, 4) is 17.2 Å². The molecule has 0 bridgehead atoms. The molecule has 6 nitrogen and oxygen atoms in total. The fourth-order valence-electron chi connectivity index (χ4n) is 2.45. The van der Waals surface area contributed by atoms with Crippen molar-refractivity contribution in [2.75, 3.05) is 18.1 Å². The normalized spacial score (nSPS) is 10.8. The minimum Gasteiger partial charge on any atom is -0.484 e. The Kier molecular flexibility index (Phi) is 5.80. The lowest BCUT2D eigenvalue weighted by Crippen LogP contribution is -2.38. The molecular weight excluding hydrogens is 349 g/mol. The third-order valence-corrected chi connectivity index (χ3v) is 3.67. The highest BCUT2D eigenvalue weighted by Gasteiger charge is 2.23. The third kappa shape index (κ3) is 4.91. The fraction of sp³-hybridized carbons (Fsp3) is 0.250. The van der Waals surface area contributed by atoms with Gasteiger partial charge in [0.1, 0.15) is 11.6 Å². The first-order chi connectivity index (χ1) is 13.0. The van der Waals surface area contributed by atoms with Crippen molar-refractivity contribution >= 4 is 11.9 Å². The summed E-state index contributed by atoms with van der Waals surface area (Å²) in [5.41, 5.74) is 0.450. The Bertz CT molecular complexity index is 896. The molecule has 0 spiro atoms. The summed E-state index contributed by atoms with van der Waals surface area (Å²) in [7, 11) is 0. The zero-order chi connectivity index (χ0) is 19.2. The Morgan fingerprint density at radius 2 is 1.93 bits per heavy atom. The topological polar surface area (TPSA) is 68.5 Å². The molecule has 0 saturated heterocycles. The summed E-state index contributed by atoms with van der Waals surface area (Å²) in [5.74, 6) is 0.215. The largest absolute Gasteiger partial charge is 0.484 e. The quantitative estimate of drug-likeness (QED) is 0.631. The first-order valence-electron chi connectivity index (χ1n) is 8.60. The summed E-state index contributed by atoms with van der Waals surface area (Å²) in [6, 6.07) is 15.0. The van der Waals surface area contributed by atoms with E-state index in [9.17, 15) is 9.18 Å². The number of amides is 1. The van der Waals surface area contributed by atoms with Crippen LogP contribution in [0.5, 0.6) is 5.75 Å². The number of hydrogen-bond acceptors (Lipinski definition) is 5. The van der Waals surface area contributed by atoms with Gasteiger partial charge in [0, 0.05) is 12.1 Å². The Balaban J connectivity index is 1.77. The average Bonchev–Trinajstić information content (AvgIpc) is 3.15. The van der Waals surface area contributed by atoms with E-state index in [0.29, 0.717) is 17.9 Å². The van der Waals surface area contributed by atoms with Crippen LogP contribution in [0.4, 0.5) is 10.4 Å². The lowest BCUT2D eigenvalue weighted by atomic mass is 10.2. The van der Waals surface area contributed by atoms with Crippen molar-refractivity contribution in [1.29, 1.82) is 0 Å². The van der Waals surface area contributed by atoms with Gasteiger partial charge in [-0.05, 0) is 36.2 Å². The lowest BCUT2D eigenvalue weighted by Gasteiger charge is -2.20. The molecule has 0 atom stereocenters. The maximum absolute atomic E-state index is 13.4. The molecule has 0 aliphatic carbocycles. The van der Waals surface area contributed by atoms with Crippen LogP contribution in [0.1, 0.15) is 13.8 Å². The monoisotopic (exact) mass is 369 g/mol. The smallest absolute Gasteiger partial charge is 0.325 e. The first kappa shape index (κ1) is 18.6. The maximum Gasteiger partial charge on any atom is 0.325 e. The van der Waals surface area contributed by atoms with Crippen molar-refractivity contribution < 1.29 is 18.3 Å². The number of anilines is 1. The zero-order valence-corrected chi connectivity index (χ0v) is 15.1. The van der Waals surface area contributed by atoms with E-state index in [1.54, 1.807) is 24.3 Å². The number of hydrogen-bond donors (Lipinski definition) is 0. The average molecular weight is 369 g/mol. The number of halogens is 1. The van der Waals surface area contributed by atoms with E-state index in [1.807, 2.05) is 32.0 Å². The summed E-state index contributed by atoms with van der Waals surface area (Å²) in [6.45, 7) is 4.18. The van der Waals surface area contributed by atoms with Crippen LogP contribution in [0.15, 0.2) is 59.0 Å². The van der Waals surface area contributed by atoms with E-state index in [-0.39, 0.29) is 30.3 Å². The minimum absolute atomic E-state index is 0.0598.